The summed E-state index contributed by atoms with van der Waals surface area (Å²) < 4.78 is 5.05. The van der Waals surface area contributed by atoms with Crippen LogP contribution in [0, 0.1) is 16.0 Å². The maximum atomic E-state index is 11.2. The molecule has 0 saturated carbocycles. The van der Waals surface area contributed by atoms with E-state index in [0.29, 0.717) is 31.1 Å². The molecule has 0 bridgehead atoms. The van der Waals surface area contributed by atoms with E-state index in [-0.39, 0.29) is 16.5 Å². The minimum atomic E-state index is -0.360. The molecule has 2 N–H and O–H groups in total. The van der Waals surface area contributed by atoms with Crippen LogP contribution in [0.15, 0.2) is 18.2 Å². The summed E-state index contributed by atoms with van der Waals surface area (Å²) in [6.45, 7) is 5.82. The second-order valence-electron chi connectivity index (χ2n) is 4.43. The number of nitrogens with one attached hydrogen (secondary N) is 2. The fraction of sp³-hybridized carbons (Fsp3) is 0.538. The molecule has 0 spiro atoms. The van der Waals surface area contributed by atoms with Crippen LogP contribution in [-0.4, -0.2) is 31.7 Å². The lowest BCUT2D eigenvalue weighted by molar-refractivity contribution is -0.383. The van der Waals surface area contributed by atoms with E-state index in [1.165, 1.54) is 0 Å². The van der Waals surface area contributed by atoms with E-state index in [9.17, 15) is 10.1 Å². The molecule has 0 amide bonds. The lowest BCUT2D eigenvalue weighted by Crippen LogP contribution is -2.16. The smallest absolute Gasteiger partial charge is 0.315 e. The van der Waals surface area contributed by atoms with E-state index in [1.54, 1.807) is 25.3 Å². The van der Waals surface area contributed by atoms with Gasteiger partial charge >= 0.3 is 5.69 Å². The lowest BCUT2D eigenvalue weighted by atomic mass is 10.1. The second-order valence-corrected chi connectivity index (χ2v) is 4.43. The third-order valence-corrected chi connectivity index (χ3v) is 2.68. The van der Waals surface area contributed by atoms with Crippen LogP contribution in [0.4, 0.5) is 17.1 Å². The van der Waals surface area contributed by atoms with Gasteiger partial charge in [-0.05, 0) is 25.0 Å². The van der Waals surface area contributed by atoms with Crippen molar-refractivity contribution in [3.8, 4) is 0 Å². The molecule has 0 saturated heterocycles. The molecule has 6 heteroatoms. The maximum Gasteiger partial charge on any atom is 0.315 e. The van der Waals surface area contributed by atoms with Gasteiger partial charge in [-0.1, -0.05) is 13.0 Å². The SMILES string of the molecule is CCNc1cccc(NCC(C)COC)c1[N+](=O)[O-]. The Bertz CT molecular complexity index is 424. The average Bonchev–Trinajstić information content (AvgIpc) is 2.37. The molecule has 0 radical (unpaired) electrons. The molecule has 6 nitrogen and oxygen atoms in total. The first kappa shape index (κ1) is 15.2. The van der Waals surface area contributed by atoms with Gasteiger partial charge in [0.15, 0.2) is 0 Å². The van der Waals surface area contributed by atoms with Gasteiger partial charge in [-0.15, -0.1) is 0 Å². The molecule has 0 aliphatic heterocycles. The molecule has 1 unspecified atom stereocenters. The summed E-state index contributed by atoms with van der Waals surface area (Å²) in [5, 5.41) is 17.3. The average molecular weight is 267 g/mol. The Morgan fingerprint density at radius 2 is 2.00 bits per heavy atom. The zero-order valence-corrected chi connectivity index (χ0v) is 11.6. The molecule has 106 valence electrons. The van der Waals surface area contributed by atoms with Crippen molar-refractivity contribution in [3.05, 3.63) is 28.3 Å². The molecule has 1 aromatic carbocycles. The zero-order valence-electron chi connectivity index (χ0n) is 11.6. The van der Waals surface area contributed by atoms with Gasteiger partial charge in [-0.3, -0.25) is 10.1 Å². The van der Waals surface area contributed by atoms with E-state index in [0.717, 1.165) is 0 Å². The first-order chi connectivity index (χ1) is 9.10. The lowest BCUT2D eigenvalue weighted by Gasteiger charge is -2.14. The van der Waals surface area contributed by atoms with Crippen molar-refractivity contribution >= 4 is 17.1 Å². The molecule has 0 heterocycles. The Morgan fingerprint density at radius 1 is 1.37 bits per heavy atom. The highest BCUT2D eigenvalue weighted by molar-refractivity contribution is 5.76. The summed E-state index contributed by atoms with van der Waals surface area (Å²) in [7, 11) is 1.64. The first-order valence-electron chi connectivity index (χ1n) is 6.34. The minimum Gasteiger partial charge on any atom is -0.384 e. The summed E-state index contributed by atoms with van der Waals surface area (Å²) in [6.07, 6.45) is 0. The molecule has 0 fully saturated rings. The number of rotatable bonds is 8. The van der Waals surface area contributed by atoms with Crippen LogP contribution in [0.3, 0.4) is 0 Å². The van der Waals surface area contributed by atoms with E-state index < -0.39 is 0 Å². The van der Waals surface area contributed by atoms with Crippen molar-refractivity contribution in [3.63, 3.8) is 0 Å². The number of ether oxygens (including phenoxy) is 1. The zero-order chi connectivity index (χ0) is 14.3. The number of nitrogens with zero attached hydrogens (tertiary/aromatic N) is 1. The highest BCUT2D eigenvalue weighted by atomic mass is 16.6. The number of benzene rings is 1. The van der Waals surface area contributed by atoms with Crippen LogP contribution in [-0.2, 0) is 4.74 Å². The highest BCUT2D eigenvalue weighted by Crippen LogP contribution is 2.32. The molecular formula is C13H21N3O3. The van der Waals surface area contributed by atoms with Crippen LogP contribution in [0.5, 0.6) is 0 Å². The van der Waals surface area contributed by atoms with E-state index in [1.807, 2.05) is 13.8 Å². The summed E-state index contributed by atoms with van der Waals surface area (Å²) >= 11 is 0. The quantitative estimate of drug-likeness (QED) is 0.559. The van der Waals surface area contributed by atoms with Crippen LogP contribution in [0.1, 0.15) is 13.8 Å². The van der Waals surface area contributed by atoms with Crippen LogP contribution >= 0.6 is 0 Å². The highest BCUT2D eigenvalue weighted by Gasteiger charge is 2.19. The maximum absolute atomic E-state index is 11.2. The van der Waals surface area contributed by atoms with Crippen LogP contribution in [0.25, 0.3) is 0 Å². The molecule has 1 rings (SSSR count). The Labute approximate surface area is 113 Å². The first-order valence-corrected chi connectivity index (χ1v) is 6.34. The van der Waals surface area contributed by atoms with Crippen molar-refractivity contribution in [1.82, 2.24) is 0 Å². The minimum absolute atomic E-state index is 0.0916. The topological polar surface area (TPSA) is 76.4 Å². The Balaban J connectivity index is 2.87. The summed E-state index contributed by atoms with van der Waals surface area (Å²) in [5.74, 6) is 0.285. The summed E-state index contributed by atoms with van der Waals surface area (Å²) in [4.78, 5) is 10.8. The van der Waals surface area contributed by atoms with E-state index in [2.05, 4.69) is 10.6 Å². The van der Waals surface area contributed by atoms with Crippen LogP contribution < -0.4 is 10.6 Å². The largest absolute Gasteiger partial charge is 0.384 e. The third-order valence-electron chi connectivity index (χ3n) is 2.68. The number of anilines is 2. The van der Waals surface area contributed by atoms with Crippen LogP contribution in [0.2, 0.25) is 0 Å². The Morgan fingerprint density at radius 3 is 2.53 bits per heavy atom. The Hall–Kier alpha value is -1.82. The fourth-order valence-electron chi connectivity index (χ4n) is 1.84. The van der Waals surface area contributed by atoms with Gasteiger partial charge in [0.05, 0.1) is 11.5 Å². The van der Waals surface area contributed by atoms with Crippen molar-refractivity contribution in [2.75, 3.05) is 37.4 Å². The molecule has 19 heavy (non-hydrogen) atoms. The van der Waals surface area contributed by atoms with Crippen molar-refractivity contribution < 1.29 is 9.66 Å². The summed E-state index contributed by atoms with van der Waals surface area (Å²) in [6, 6.07) is 5.23. The van der Waals surface area contributed by atoms with Gasteiger partial charge in [0, 0.05) is 20.2 Å². The number of methoxy groups -OCH3 is 1. The third kappa shape index (κ3) is 4.40. The normalized spacial score (nSPS) is 11.9. The second kappa shape index (κ2) is 7.58. The van der Waals surface area contributed by atoms with Gasteiger partial charge in [0.1, 0.15) is 11.4 Å². The Kier molecular flexibility index (Phi) is 6.08. The molecule has 0 aliphatic rings. The monoisotopic (exact) mass is 267 g/mol. The van der Waals surface area contributed by atoms with Gasteiger partial charge in [-0.2, -0.15) is 0 Å². The number of hydrogen-bond donors (Lipinski definition) is 2. The predicted molar refractivity (Wildman–Crippen MR) is 76.8 cm³/mol. The molecule has 1 atom stereocenters. The van der Waals surface area contributed by atoms with Gasteiger partial charge < -0.3 is 15.4 Å². The number of nitro groups is 1. The van der Waals surface area contributed by atoms with Crippen molar-refractivity contribution in [2.24, 2.45) is 5.92 Å². The van der Waals surface area contributed by atoms with E-state index >= 15 is 0 Å². The van der Waals surface area contributed by atoms with Crippen molar-refractivity contribution in [1.29, 1.82) is 0 Å². The molecule has 0 aromatic heterocycles. The van der Waals surface area contributed by atoms with Gasteiger partial charge in [-0.25, -0.2) is 0 Å². The number of hydrogen-bond acceptors (Lipinski definition) is 5. The standard InChI is InChI=1S/C13H21N3O3/c1-4-14-11-6-5-7-12(13(11)16(17)18)15-8-10(2)9-19-3/h5-7,10,14-15H,4,8-9H2,1-3H3. The predicted octanol–water partition coefficient (Wildman–Crippen LogP) is 2.72. The number of nitro benzene ring substituents is 1. The number of para-hydroxylation sites is 1. The van der Waals surface area contributed by atoms with E-state index in [4.69, 9.17) is 4.74 Å². The molecule has 0 aliphatic carbocycles. The van der Waals surface area contributed by atoms with Crippen molar-refractivity contribution in [2.45, 2.75) is 13.8 Å². The fourth-order valence-corrected chi connectivity index (χ4v) is 1.84. The molecule has 1 aromatic rings. The van der Waals surface area contributed by atoms with Gasteiger partial charge in [0.2, 0.25) is 0 Å². The van der Waals surface area contributed by atoms with Gasteiger partial charge in [0.25, 0.3) is 0 Å². The molecular weight excluding hydrogens is 246 g/mol. The summed E-state index contributed by atoms with van der Waals surface area (Å²) in [5.41, 5.74) is 1.16.